The van der Waals surface area contributed by atoms with Crippen LogP contribution in [0.3, 0.4) is 0 Å². The third-order valence-corrected chi connectivity index (χ3v) is 3.08. The lowest BCUT2D eigenvalue weighted by molar-refractivity contribution is 0.00641. The van der Waals surface area contributed by atoms with Gasteiger partial charge in [-0.15, -0.1) is 0 Å². The van der Waals surface area contributed by atoms with Crippen molar-refractivity contribution in [2.75, 3.05) is 20.3 Å². The molecule has 1 heterocycles. The van der Waals surface area contributed by atoms with Gasteiger partial charge in [0.05, 0.1) is 19.8 Å². The van der Waals surface area contributed by atoms with Gasteiger partial charge in [0.15, 0.2) is 11.5 Å². The van der Waals surface area contributed by atoms with Crippen LogP contribution in [0.1, 0.15) is 31.4 Å². The lowest BCUT2D eigenvalue weighted by atomic mass is 10.1. The highest BCUT2D eigenvalue weighted by atomic mass is 16.5. The van der Waals surface area contributed by atoms with E-state index in [-0.39, 0.29) is 6.10 Å². The Morgan fingerprint density at radius 3 is 2.83 bits per heavy atom. The Balaban J connectivity index is 2.11. The maximum atomic E-state index is 9.54. The van der Waals surface area contributed by atoms with Crippen LogP contribution in [0.25, 0.3) is 0 Å². The molecule has 4 heteroatoms. The molecule has 1 unspecified atom stereocenters. The quantitative estimate of drug-likeness (QED) is 0.893. The molecular weight excluding hydrogens is 232 g/mol. The van der Waals surface area contributed by atoms with E-state index in [4.69, 9.17) is 14.2 Å². The van der Waals surface area contributed by atoms with Crippen molar-refractivity contribution in [2.24, 2.45) is 0 Å². The monoisotopic (exact) mass is 252 g/mol. The zero-order valence-corrected chi connectivity index (χ0v) is 10.9. The fraction of sp³-hybridized carbons (Fsp3) is 0.571. The number of ether oxygens (including phenoxy) is 3. The second kappa shape index (κ2) is 6.07. The summed E-state index contributed by atoms with van der Waals surface area (Å²) in [6.45, 7) is 3.17. The van der Waals surface area contributed by atoms with Gasteiger partial charge in [-0.1, -0.05) is 6.07 Å². The number of hydrogen-bond acceptors (Lipinski definition) is 4. The summed E-state index contributed by atoms with van der Waals surface area (Å²) in [5.74, 6) is 1.36. The summed E-state index contributed by atoms with van der Waals surface area (Å²) in [6, 6.07) is 5.51. The molecule has 4 nitrogen and oxygen atoms in total. The highest BCUT2D eigenvalue weighted by molar-refractivity contribution is 5.43. The van der Waals surface area contributed by atoms with Crippen molar-refractivity contribution in [1.82, 2.24) is 0 Å². The van der Waals surface area contributed by atoms with Crippen molar-refractivity contribution < 1.29 is 19.3 Å². The molecule has 0 aliphatic carbocycles. The smallest absolute Gasteiger partial charge is 0.161 e. The van der Waals surface area contributed by atoms with Crippen molar-refractivity contribution in [3.8, 4) is 11.5 Å². The molecule has 0 radical (unpaired) electrons. The van der Waals surface area contributed by atoms with Crippen molar-refractivity contribution in [2.45, 2.75) is 32.0 Å². The fourth-order valence-corrected chi connectivity index (χ4v) is 2.03. The van der Waals surface area contributed by atoms with Crippen molar-refractivity contribution >= 4 is 0 Å². The third kappa shape index (κ3) is 3.15. The van der Waals surface area contributed by atoms with Crippen LogP contribution in [0.15, 0.2) is 18.2 Å². The van der Waals surface area contributed by atoms with Crippen LogP contribution in [0, 0.1) is 0 Å². The highest BCUT2D eigenvalue weighted by Gasteiger charge is 2.18. The lowest BCUT2D eigenvalue weighted by Gasteiger charge is -2.24. The Labute approximate surface area is 107 Å². The van der Waals surface area contributed by atoms with Crippen LogP contribution in [-0.2, 0) is 4.74 Å². The molecule has 1 N–H and O–H groups in total. The predicted octanol–water partition coefficient (Wildman–Crippen LogP) is 2.31. The Bertz CT molecular complexity index is 383. The van der Waals surface area contributed by atoms with E-state index in [1.165, 1.54) is 0 Å². The molecule has 1 aromatic rings. The summed E-state index contributed by atoms with van der Waals surface area (Å²) < 4.78 is 16.6. The average Bonchev–Trinajstić information content (AvgIpc) is 2.40. The van der Waals surface area contributed by atoms with Gasteiger partial charge in [-0.3, -0.25) is 0 Å². The topological polar surface area (TPSA) is 47.9 Å². The molecule has 0 spiro atoms. The van der Waals surface area contributed by atoms with Gasteiger partial charge in [0.2, 0.25) is 0 Å². The zero-order valence-electron chi connectivity index (χ0n) is 10.9. The van der Waals surface area contributed by atoms with E-state index in [0.717, 1.165) is 25.0 Å². The minimum Gasteiger partial charge on any atom is -0.493 e. The van der Waals surface area contributed by atoms with E-state index in [2.05, 4.69) is 0 Å². The molecular formula is C14H20O4. The van der Waals surface area contributed by atoms with Crippen LogP contribution >= 0.6 is 0 Å². The maximum absolute atomic E-state index is 9.54. The Morgan fingerprint density at radius 1 is 1.39 bits per heavy atom. The van der Waals surface area contributed by atoms with E-state index in [1.54, 1.807) is 14.0 Å². The molecule has 1 saturated heterocycles. The van der Waals surface area contributed by atoms with Crippen molar-refractivity contribution in [3.63, 3.8) is 0 Å². The molecule has 2 atom stereocenters. The lowest BCUT2D eigenvalue weighted by Crippen LogP contribution is -2.28. The normalized spacial score (nSPS) is 21.4. The average molecular weight is 252 g/mol. The molecule has 1 fully saturated rings. The van der Waals surface area contributed by atoms with Gasteiger partial charge in [-0.2, -0.15) is 0 Å². The molecule has 1 aromatic carbocycles. The largest absolute Gasteiger partial charge is 0.493 e. The molecule has 0 aromatic heterocycles. The predicted molar refractivity (Wildman–Crippen MR) is 68.1 cm³/mol. The molecule has 1 aliphatic rings. The number of aliphatic hydroxyl groups is 1. The minimum atomic E-state index is -0.508. The first-order valence-electron chi connectivity index (χ1n) is 6.31. The van der Waals surface area contributed by atoms with Gasteiger partial charge in [0.25, 0.3) is 0 Å². The first-order chi connectivity index (χ1) is 8.70. The Morgan fingerprint density at radius 2 is 2.22 bits per heavy atom. The molecule has 0 amide bonds. The maximum Gasteiger partial charge on any atom is 0.161 e. The van der Waals surface area contributed by atoms with Gasteiger partial charge in [0, 0.05) is 6.61 Å². The number of benzene rings is 1. The Kier molecular flexibility index (Phi) is 4.44. The van der Waals surface area contributed by atoms with Crippen LogP contribution in [0.5, 0.6) is 11.5 Å². The molecule has 18 heavy (non-hydrogen) atoms. The molecule has 0 saturated carbocycles. The molecule has 2 rings (SSSR count). The second-order valence-corrected chi connectivity index (χ2v) is 4.54. The summed E-state index contributed by atoms with van der Waals surface area (Å²) >= 11 is 0. The molecule has 1 aliphatic heterocycles. The SMILES string of the molecule is COc1cc([C@@H](C)O)ccc1OC1CCCOC1. The number of methoxy groups -OCH3 is 1. The van der Waals surface area contributed by atoms with E-state index in [9.17, 15) is 5.11 Å². The van der Waals surface area contributed by atoms with E-state index in [0.29, 0.717) is 18.1 Å². The fourth-order valence-electron chi connectivity index (χ4n) is 2.03. The summed E-state index contributed by atoms with van der Waals surface area (Å²) in [5.41, 5.74) is 0.819. The standard InChI is InChI=1S/C14H20O4/c1-10(15)11-5-6-13(14(8-11)16-2)18-12-4-3-7-17-9-12/h5-6,8,10,12,15H,3-4,7,9H2,1-2H3/t10-,12?/m1/s1. The first-order valence-corrected chi connectivity index (χ1v) is 6.31. The summed E-state index contributed by atoms with van der Waals surface area (Å²) in [5, 5.41) is 9.54. The van der Waals surface area contributed by atoms with Gasteiger partial charge in [-0.05, 0) is 37.5 Å². The van der Waals surface area contributed by atoms with E-state index >= 15 is 0 Å². The number of rotatable bonds is 4. The first kappa shape index (κ1) is 13.2. The van der Waals surface area contributed by atoms with Crippen molar-refractivity contribution in [1.29, 1.82) is 0 Å². The minimum absolute atomic E-state index is 0.0880. The number of aliphatic hydroxyl groups excluding tert-OH is 1. The van der Waals surface area contributed by atoms with Crippen molar-refractivity contribution in [3.05, 3.63) is 23.8 Å². The van der Waals surface area contributed by atoms with Gasteiger partial charge in [0.1, 0.15) is 6.10 Å². The van der Waals surface area contributed by atoms with Crippen LogP contribution in [0.2, 0.25) is 0 Å². The Hall–Kier alpha value is -1.26. The number of hydrogen-bond donors (Lipinski definition) is 1. The van der Waals surface area contributed by atoms with Gasteiger partial charge >= 0.3 is 0 Å². The van der Waals surface area contributed by atoms with Crippen LogP contribution in [-0.4, -0.2) is 31.5 Å². The molecule has 0 bridgehead atoms. The van der Waals surface area contributed by atoms with Crippen LogP contribution < -0.4 is 9.47 Å². The second-order valence-electron chi connectivity index (χ2n) is 4.54. The van der Waals surface area contributed by atoms with E-state index < -0.39 is 6.10 Å². The summed E-state index contributed by atoms with van der Waals surface area (Å²) in [7, 11) is 1.60. The van der Waals surface area contributed by atoms with Crippen LogP contribution in [0.4, 0.5) is 0 Å². The van der Waals surface area contributed by atoms with Gasteiger partial charge < -0.3 is 19.3 Å². The third-order valence-electron chi connectivity index (χ3n) is 3.08. The van der Waals surface area contributed by atoms with E-state index in [1.807, 2.05) is 18.2 Å². The molecule has 100 valence electrons. The zero-order chi connectivity index (χ0) is 13.0. The summed E-state index contributed by atoms with van der Waals surface area (Å²) in [6.07, 6.45) is 1.61. The highest BCUT2D eigenvalue weighted by Crippen LogP contribution is 2.31. The summed E-state index contributed by atoms with van der Waals surface area (Å²) in [4.78, 5) is 0. The van der Waals surface area contributed by atoms with Gasteiger partial charge in [-0.25, -0.2) is 0 Å².